The molecule has 1 amide bonds. The molecule has 2 aromatic rings. The van der Waals surface area contributed by atoms with E-state index in [1.165, 1.54) is 18.3 Å². The summed E-state index contributed by atoms with van der Waals surface area (Å²) >= 11 is 0. The van der Waals surface area contributed by atoms with E-state index >= 15 is 0 Å². The highest BCUT2D eigenvalue weighted by Crippen LogP contribution is 2.18. The Hall–Kier alpha value is -2.81. The molecule has 0 unspecified atom stereocenters. The van der Waals surface area contributed by atoms with Gasteiger partial charge in [-0.2, -0.15) is 10.4 Å². The number of hydrogen-bond acceptors (Lipinski definition) is 4. The van der Waals surface area contributed by atoms with Gasteiger partial charge in [-0.05, 0) is 12.1 Å². The fourth-order valence-corrected chi connectivity index (χ4v) is 1.31. The number of rotatable bonds is 2. The maximum atomic E-state index is 11.8. The summed E-state index contributed by atoms with van der Waals surface area (Å²) < 4.78 is 0. The summed E-state index contributed by atoms with van der Waals surface area (Å²) in [4.78, 5) is 11.8. The predicted octanol–water partition coefficient (Wildman–Crippen LogP) is 1.24. The average molecular weight is 228 g/mol. The molecule has 0 saturated carbocycles. The van der Waals surface area contributed by atoms with Crippen molar-refractivity contribution in [2.24, 2.45) is 0 Å². The minimum Gasteiger partial charge on any atom is -0.507 e. The second kappa shape index (κ2) is 4.37. The number of aromatic hydroxyl groups is 1. The van der Waals surface area contributed by atoms with E-state index in [0.29, 0.717) is 0 Å². The first kappa shape index (κ1) is 10.7. The van der Waals surface area contributed by atoms with Crippen LogP contribution in [0.2, 0.25) is 0 Å². The predicted molar refractivity (Wildman–Crippen MR) is 59.4 cm³/mol. The summed E-state index contributed by atoms with van der Waals surface area (Å²) in [5, 5.41) is 26.8. The van der Waals surface area contributed by atoms with Crippen molar-refractivity contribution < 1.29 is 9.90 Å². The topological polar surface area (TPSA) is 102 Å². The summed E-state index contributed by atoms with van der Waals surface area (Å²) in [6.07, 6.45) is 1.31. The van der Waals surface area contributed by atoms with Gasteiger partial charge in [0.15, 0.2) is 0 Å². The number of amides is 1. The second-order valence-electron chi connectivity index (χ2n) is 3.24. The van der Waals surface area contributed by atoms with E-state index in [1.807, 2.05) is 6.07 Å². The number of aromatic amines is 1. The number of nitrogens with zero attached hydrogens (tertiary/aromatic N) is 2. The van der Waals surface area contributed by atoms with E-state index in [4.69, 9.17) is 5.26 Å². The zero-order valence-corrected chi connectivity index (χ0v) is 8.64. The number of aromatic nitrogens is 2. The number of nitrogens with one attached hydrogen (secondary N) is 2. The summed E-state index contributed by atoms with van der Waals surface area (Å²) in [6.45, 7) is 0. The molecule has 0 radical (unpaired) electrons. The number of para-hydroxylation sites is 1. The number of phenolic OH excluding ortho intramolecular Hbond substituents is 1. The van der Waals surface area contributed by atoms with Crippen LogP contribution in [0.15, 0.2) is 30.5 Å². The molecule has 0 saturated heterocycles. The van der Waals surface area contributed by atoms with Gasteiger partial charge in [-0.1, -0.05) is 12.1 Å². The van der Waals surface area contributed by atoms with E-state index < -0.39 is 5.91 Å². The smallest absolute Gasteiger partial charge is 0.260 e. The van der Waals surface area contributed by atoms with Gasteiger partial charge in [-0.3, -0.25) is 9.89 Å². The van der Waals surface area contributed by atoms with Crippen molar-refractivity contribution in [1.82, 2.24) is 10.2 Å². The number of nitriles is 1. The number of phenols is 1. The number of carbonyl (C=O) groups excluding carboxylic acids is 1. The van der Waals surface area contributed by atoms with Crippen LogP contribution < -0.4 is 5.32 Å². The molecule has 6 heteroatoms. The van der Waals surface area contributed by atoms with Crippen molar-refractivity contribution >= 4 is 11.7 Å². The van der Waals surface area contributed by atoms with Gasteiger partial charge >= 0.3 is 0 Å². The largest absolute Gasteiger partial charge is 0.507 e. The van der Waals surface area contributed by atoms with Gasteiger partial charge in [0.1, 0.15) is 23.2 Å². The monoisotopic (exact) mass is 228 g/mol. The Kier molecular flexibility index (Phi) is 2.75. The van der Waals surface area contributed by atoms with Crippen molar-refractivity contribution in [2.45, 2.75) is 0 Å². The van der Waals surface area contributed by atoms with Crippen molar-refractivity contribution in [1.29, 1.82) is 5.26 Å². The summed E-state index contributed by atoms with van der Waals surface area (Å²) in [5.41, 5.74) is 0.361. The number of anilines is 1. The zero-order valence-electron chi connectivity index (χ0n) is 8.64. The minimum absolute atomic E-state index is 0.122. The van der Waals surface area contributed by atoms with Gasteiger partial charge < -0.3 is 10.4 Å². The molecule has 0 bridgehead atoms. The molecule has 1 aromatic heterocycles. The van der Waals surface area contributed by atoms with Crippen molar-refractivity contribution in [3.63, 3.8) is 0 Å². The quantitative estimate of drug-likeness (QED) is 0.719. The van der Waals surface area contributed by atoms with Crippen molar-refractivity contribution in [3.8, 4) is 11.8 Å². The number of H-pyrrole nitrogens is 1. The standard InChI is InChI=1S/C11H8N4O2/c12-5-7-6-13-15-10(7)14-11(17)8-3-1-2-4-9(8)16/h1-4,6,16H,(H2,13,14,15,17). The molecular formula is C11H8N4O2. The van der Waals surface area contributed by atoms with E-state index in [9.17, 15) is 9.90 Å². The van der Waals surface area contributed by atoms with Crippen LogP contribution in [0.25, 0.3) is 0 Å². The maximum absolute atomic E-state index is 11.8. The van der Waals surface area contributed by atoms with Gasteiger partial charge in [0.2, 0.25) is 0 Å². The van der Waals surface area contributed by atoms with Crippen LogP contribution in [0.3, 0.4) is 0 Å². The Labute approximate surface area is 96.5 Å². The molecular weight excluding hydrogens is 220 g/mol. The Bertz CT molecular complexity index is 598. The van der Waals surface area contributed by atoms with E-state index in [0.717, 1.165) is 0 Å². The normalized spacial score (nSPS) is 9.59. The van der Waals surface area contributed by atoms with Gasteiger partial charge in [0, 0.05) is 0 Å². The highest BCUT2D eigenvalue weighted by atomic mass is 16.3. The van der Waals surface area contributed by atoms with Gasteiger partial charge in [0.05, 0.1) is 11.8 Å². The lowest BCUT2D eigenvalue weighted by Crippen LogP contribution is -2.13. The van der Waals surface area contributed by atoms with Crippen LogP contribution >= 0.6 is 0 Å². The van der Waals surface area contributed by atoms with Gasteiger partial charge in [-0.15, -0.1) is 0 Å². The second-order valence-corrected chi connectivity index (χ2v) is 3.24. The third-order valence-corrected chi connectivity index (χ3v) is 2.15. The Morgan fingerprint density at radius 1 is 1.47 bits per heavy atom. The first-order valence-corrected chi connectivity index (χ1v) is 4.75. The average Bonchev–Trinajstić information content (AvgIpc) is 2.76. The maximum Gasteiger partial charge on any atom is 0.260 e. The minimum atomic E-state index is -0.510. The molecule has 6 nitrogen and oxygen atoms in total. The molecule has 0 fully saturated rings. The lowest BCUT2D eigenvalue weighted by atomic mass is 10.2. The third-order valence-electron chi connectivity index (χ3n) is 2.15. The van der Waals surface area contributed by atoms with Crippen LogP contribution in [0.1, 0.15) is 15.9 Å². The molecule has 0 aliphatic rings. The molecule has 3 N–H and O–H groups in total. The number of carbonyl (C=O) groups is 1. The van der Waals surface area contributed by atoms with Crippen LogP contribution in [-0.2, 0) is 0 Å². The first-order valence-electron chi connectivity index (χ1n) is 4.75. The van der Waals surface area contributed by atoms with E-state index in [1.54, 1.807) is 12.1 Å². The van der Waals surface area contributed by atoms with E-state index in [-0.39, 0.29) is 22.7 Å². The Morgan fingerprint density at radius 3 is 2.94 bits per heavy atom. The highest BCUT2D eigenvalue weighted by Gasteiger charge is 2.13. The van der Waals surface area contributed by atoms with Crippen molar-refractivity contribution in [3.05, 3.63) is 41.6 Å². The molecule has 0 aliphatic carbocycles. The molecule has 2 rings (SSSR count). The number of hydrogen-bond donors (Lipinski definition) is 3. The number of benzene rings is 1. The molecule has 0 atom stereocenters. The lowest BCUT2D eigenvalue weighted by molar-refractivity contribution is 0.102. The summed E-state index contributed by atoms with van der Waals surface area (Å²) in [7, 11) is 0. The Morgan fingerprint density at radius 2 is 2.24 bits per heavy atom. The van der Waals surface area contributed by atoms with Crippen molar-refractivity contribution in [2.75, 3.05) is 5.32 Å². The van der Waals surface area contributed by atoms with Crippen LogP contribution in [-0.4, -0.2) is 21.2 Å². The fourth-order valence-electron chi connectivity index (χ4n) is 1.31. The SMILES string of the molecule is N#Cc1cn[nH]c1NC(=O)c1ccccc1O. The van der Waals surface area contributed by atoms with Crippen LogP contribution in [0.5, 0.6) is 5.75 Å². The van der Waals surface area contributed by atoms with Gasteiger partial charge in [-0.25, -0.2) is 0 Å². The summed E-state index contributed by atoms with van der Waals surface area (Å²) in [6, 6.07) is 8.01. The van der Waals surface area contributed by atoms with Crippen LogP contribution in [0, 0.1) is 11.3 Å². The Balaban J connectivity index is 2.24. The van der Waals surface area contributed by atoms with Gasteiger partial charge in [0.25, 0.3) is 5.91 Å². The summed E-state index contributed by atoms with van der Waals surface area (Å²) in [5.74, 6) is -0.423. The molecule has 0 spiro atoms. The van der Waals surface area contributed by atoms with Crippen LogP contribution in [0.4, 0.5) is 5.82 Å². The molecule has 1 heterocycles. The fraction of sp³-hybridized carbons (Fsp3) is 0. The molecule has 1 aromatic carbocycles. The van der Waals surface area contributed by atoms with E-state index in [2.05, 4.69) is 15.5 Å². The highest BCUT2D eigenvalue weighted by molar-refractivity contribution is 6.06. The molecule has 84 valence electrons. The third kappa shape index (κ3) is 2.08. The molecule has 17 heavy (non-hydrogen) atoms. The lowest BCUT2D eigenvalue weighted by Gasteiger charge is -2.04. The first-order chi connectivity index (χ1) is 8.22. The molecule has 0 aliphatic heterocycles. The zero-order chi connectivity index (χ0) is 12.3.